The summed E-state index contributed by atoms with van der Waals surface area (Å²) in [5, 5.41) is 3.50. The van der Waals surface area contributed by atoms with Crippen molar-refractivity contribution in [3.05, 3.63) is 34.2 Å². The quantitative estimate of drug-likeness (QED) is 0.765. The molecule has 1 aromatic heterocycles. The minimum atomic E-state index is 0.129. The molecular weight excluding hydrogens is 240 g/mol. The van der Waals surface area contributed by atoms with Crippen LogP contribution in [0.2, 0.25) is 0 Å². The third kappa shape index (κ3) is 4.18. The highest BCUT2D eigenvalue weighted by molar-refractivity contribution is 5.10. The fraction of sp³-hybridized carbons (Fsp3) is 0.667. The van der Waals surface area contributed by atoms with E-state index < -0.39 is 0 Å². The van der Waals surface area contributed by atoms with E-state index in [1.165, 1.54) is 25.7 Å². The number of nitrogens with one attached hydrogen (secondary N) is 1. The molecule has 0 radical (unpaired) electrons. The predicted octanol–water partition coefficient (Wildman–Crippen LogP) is 1.92. The smallest absolute Gasteiger partial charge is 0.255 e. The van der Waals surface area contributed by atoms with Crippen molar-refractivity contribution in [1.82, 2.24) is 9.88 Å². The lowest BCUT2D eigenvalue weighted by Crippen LogP contribution is -2.31. The Morgan fingerprint density at radius 3 is 2.95 bits per heavy atom. The Morgan fingerprint density at radius 2 is 2.21 bits per heavy atom. The Kier molecular flexibility index (Phi) is 5.61. The molecule has 0 amide bonds. The van der Waals surface area contributed by atoms with E-state index in [-0.39, 0.29) is 5.56 Å². The van der Waals surface area contributed by atoms with Crippen LogP contribution in [0.1, 0.15) is 37.7 Å². The molecule has 1 fully saturated rings. The van der Waals surface area contributed by atoms with Gasteiger partial charge in [-0.15, -0.1) is 0 Å². The van der Waals surface area contributed by atoms with Gasteiger partial charge in [0.05, 0.1) is 0 Å². The summed E-state index contributed by atoms with van der Waals surface area (Å²) in [5.41, 5.74) is 0.996. The van der Waals surface area contributed by atoms with Gasteiger partial charge in [0.2, 0.25) is 0 Å². The van der Waals surface area contributed by atoms with Crippen molar-refractivity contribution in [2.24, 2.45) is 0 Å². The van der Waals surface area contributed by atoms with Gasteiger partial charge in [-0.2, -0.15) is 0 Å². The van der Waals surface area contributed by atoms with E-state index in [9.17, 15) is 4.79 Å². The molecule has 19 heavy (non-hydrogen) atoms. The molecule has 0 bridgehead atoms. The van der Waals surface area contributed by atoms with Gasteiger partial charge in [0.25, 0.3) is 5.56 Å². The number of ether oxygens (including phenoxy) is 1. The summed E-state index contributed by atoms with van der Waals surface area (Å²) in [5.74, 6) is 0. The van der Waals surface area contributed by atoms with Crippen LogP contribution in [0.15, 0.2) is 23.1 Å². The maximum Gasteiger partial charge on any atom is 0.255 e. The first-order valence-corrected chi connectivity index (χ1v) is 7.22. The van der Waals surface area contributed by atoms with Crippen molar-refractivity contribution in [2.75, 3.05) is 13.7 Å². The Morgan fingerprint density at radius 1 is 1.42 bits per heavy atom. The molecular formula is C15H24N2O2. The normalized spacial score (nSPS) is 16.1. The molecule has 106 valence electrons. The number of pyridine rings is 1. The number of hydrogen-bond acceptors (Lipinski definition) is 3. The zero-order valence-electron chi connectivity index (χ0n) is 11.7. The molecule has 1 N–H and O–H groups in total. The van der Waals surface area contributed by atoms with Crippen LogP contribution >= 0.6 is 0 Å². The van der Waals surface area contributed by atoms with E-state index >= 15 is 0 Å². The molecule has 1 heterocycles. The molecule has 0 unspecified atom stereocenters. The third-order valence-electron chi connectivity index (χ3n) is 3.78. The largest absolute Gasteiger partial charge is 0.385 e. The van der Waals surface area contributed by atoms with Gasteiger partial charge >= 0.3 is 0 Å². The topological polar surface area (TPSA) is 43.3 Å². The Balaban J connectivity index is 1.92. The Hall–Kier alpha value is -1.13. The number of hydrogen-bond donors (Lipinski definition) is 1. The third-order valence-corrected chi connectivity index (χ3v) is 3.78. The van der Waals surface area contributed by atoms with Crippen LogP contribution < -0.4 is 10.9 Å². The van der Waals surface area contributed by atoms with Crippen LogP contribution in [0.25, 0.3) is 0 Å². The first-order chi connectivity index (χ1) is 9.31. The molecule has 4 nitrogen and oxygen atoms in total. The van der Waals surface area contributed by atoms with E-state index in [4.69, 9.17) is 4.74 Å². The zero-order chi connectivity index (χ0) is 13.5. The molecule has 0 aliphatic heterocycles. The molecule has 0 aromatic carbocycles. The highest BCUT2D eigenvalue weighted by Crippen LogP contribution is 2.17. The summed E-state index contributed by atoms with van der Waals surface area (Å²) in [4.78, 5) is 12.3. The van der Waals surface area contributed by atoms with Gasteiger partial charge in [-0.3, -0.25) is 4.79 Å². The van der Waals surface area contributed by atoms with Crippen LogP contribution in [0.3, 0.4) is 0 Å². The lowest BCUT2D eigenvalue weighted by molar-refractivity contribution is 0.190. The molecule has 0 spiro atoms. The molecule has 1 saturated carbocycles. The highest BCUT2D eigenvalue weighted by atomic mass is 16.5. The average molecular weight is 264 g/mol. The van der Waals surface area contributed by atoms with Gasteiger partial charge < -0.3 is 14.6 Å². The fourth-order valence-corrected chi connectivity index (χ4v) is 2.66. The van der Waals surface area contributed by atoms with Crippen molar-refractivity contribution in [3.63, 3.8) is 0 Å². The second-order valence-corrected chi connectivity index (χ2v) is 5.24. The lowest BCUT2D eigenvalue weighted by atomic mass is 10.2. The molecule has 0 atom stereocenters. The Labute approximate surface area is 114 Å². The van der Waals surface area contributed by atoms with Gasteiger partial charge in [0, 0.05) is 44.6 Å². The van der Waals surface area contributed by atoms with Gasteiger partial charge in [0.1, 0.15) is 0 Å². The first-order valence-electron chi connectivity index (χ1n) is 7.22. The van der Waals surface area contributed by atoms with Crippen molar-refractivity contribution in [3.8, 4) is 0 Å². The van der Waals surface area contributed by atoms with Crippen molar-refractivity contribution in [1.29, 1.82) is 0 Å². The van der Waals surface area contributed by atoms with Crippen molar-refractivity contribution in [2.45, 2.75) is 51.2 Å². The molecule has 4 heteroatoms. The summed E-state index contributed by atoms with van der Waals surface area (Å²) in [6.45, 7) is 2.11. The summed E-state index contributed by atoms with van der Waals surface area (Å²) < 4.78 is 6.80. The summed E-state index contributed by atoms with van der Waals surface area (Å²) >= 11 is 0. The van der Waals surface area contributed by atoms with Crippen LogP contribution in [0, 0.1) is 0 Å². The van der Waals surface area contributed by atoms with Gasteiger partial charge in [-0.1, -0.05) is 18.9 Å². The molecule has 0 saturated heterocycles. The first kappa shape index (κ1) is 14.3. The number of nitrogens with zero attached hydrogens (tertiary/aromatic N) is 1. The fourth-order valence-electron chi connectivity index (χ4n) is 2.66. The Bertz CT molecular complexity index is 436. The number of rotatable bonds is 7. The van der Waals surface area contributed by atoms with Crippen LogP contribution in [-0.2, 0) is 17.8 Å². The van der Waals surface area contributed by atoms with E-state index in [0.29, 0.717) is 19.2 Å². The minimum absolute atomic E-state index is 0.129. The standard InChI is InChI=1S/C15H24N2O2/c1-19-11-5-10-17-9-4-6-13(15(17)18)12-16-14-7-2-3-8-14/h4,6,9,14,16H,2-3,5,7-8,10-12H2,1H3. The second-order valence-electron chi connectivity index (χ2n) is 5.24. The van der Waals surface area contributed by atoms with Crippen molar-refractivity contribution < 1.29 is 4.74 Å². The van der Waals surface area contributed by atoms with Crippen LogP contribution in [0.5, 0.6) is 0 Å². The number of aryl methyl sites for hydroxylation is 1. The lowest BCUT2D eigenvalue weighted by Gasteiger charge is -2.12. The number of aromatic nitrogens is 1. The van der Waals surface area contributed by atoms with Gasteiger partial charge in [-0.25, -0.2) is 0 Å². The highest BCUT2D eigenvalue weighted by Gasteiger charge is 2.14. The average Bonchev–Trinajstić information content (AvgIpc) is 2.93. The van der Waals surface area contributed by atoms with E-state index in [1.807, 2.05) is 18.3 Å². The SMILES string of the molecule is COCCCn1cccc(CNC2CCCC2)c1=O. The van der Waals surface area contributed by atoms with E-state index in [1.54, 1.807) is 11.7 Å². The maximum absolute atomic E-state index is 12.3. The summed E-state index contributed by atoms with van der Waals surface area (Å²) in [6, 6.07) is 4.48. The monoisotopic (exact) mass is 264 g/mol. The minimum Gasteiger partial charge on any atom is -0.385 e. The van der Waals surface area contributed by atoms with E-state index in [0.717, 1.165) is 18.5 Å². The molecule has 2 rings (SSSR count). The zero-order valence-corrected chi connectivity index (χ0v) is 11.7. The molecule has 1 aromatic rings. The molecule has 1 aliphatic carbocycles. The number of methoxy groups -OCH3 is 1. The van der Waals surface area contributed by atoms with E-state index in [2.05, 4.69) is 5.32 Å². The maximum atomic E-state index is 12.3. The van der Waals surface area contributed by atoms with Crippen LogP contribution in [0.4, 0.5) is 0 Å². The van der Waals surface area contributed by atoms with Gasteiger partial charge in [0.15, 0.2) is 0 Å². The molecule has 1 aliphatic rings. The second kappa shape index (κ2) is 7.46. The van der Waals surface area contributed by atoms with Crippen molar-refractivity contribution >= 4 is 0 Å². The predicted molar refractivity (Wildman–Crippen MR) is 76.3 cm³/mol. The summed E-state index contributed by atoms with van der Waals surface area (Å²) in [7, 11) is 1.69. The summed E-state index contributed by atoms with van der Waals surface area (Å²) in [6.07, 6.45) is 7.85. The van der Waals surface area contributed by atoms with Crippen LogP contribution in [-0.4, -0.2) is 24.3 Å². The van der Waals surface area contributed by atoms with Gasteiger partial charge in [-0.05, 0) is 25.3 Å².